The number of halogens is 1. The number of aromatic amines is 1. The van der Waals surface area contributed by atoms with Gasteiger partial charge in [-0.1, -0.05) is 11.6 Å². The maximum atomic E-state index is 11.3. The van der Waals surface area contributed by atoms with E-state index in [9.17, 15) is 4.79 Å². The number of rotatable bonds is 6. The van der Waals surface area contributed by atoms with Gasteiger partial charge in [-0.3, -0.25) is 19.4 Å². The van der Waals surface area contributed by atoms with Crippen LogP contribution in [0.4, 0.5) is 5.95 Å². The summed E-state index contributed by atoms with van der Waals surface area (Å²) in [6, 6.07) is 1.44. The van der Waals surface area contributed by atoms with Gasteiger partial charge in [0.15, 0.2) is 0 Å². The minimum Gasteiger partial charge on any atom is -0.340 e. The lowest BCUT2D eigenvalue weighted by atomic mass is 10.2. The van der Waals surface area contributed by atoms with Gasteiger partial charge >= 0.3 is 0 Å². The predicted molar refractivity (Wildman–Crippen MR) is 90.0 cm³/mol. The van der Waals surface area contributed by atoms with Gasteiger partial charge in [-0.05, 0) is 19.4 Å². The molecule has 0 amide bonds. The molecule has 7 nitrogen and oxygen atoms in total. The monoisotopic (exact) mass is 336 g/mol. The van der Waals surface area contributed by atoms with Crippen LogP contribution in [0.2, 0.25) is 5.02 Å². The summed E-state index contributed by atoms with van der Waals surface area (Å²) in [6.45, 7) is 5.76. The number of nitrogens with one attached hydrogen (secondary N) is 1. The molecule has 23 heavy (non-hydrogen) atoms. The third kappa shape index (κ3) is 4.56. The van der Waals surface area contributed by atoms with Crippen LogP contribution in [-0.2, 0) is 6.54 Å². The zero-order chi connectivity index (χ0) is 16.1. The van der Waals surface area contributed by atoms with Crippen LogP contribution in [-0.4, -0.2) is 57.4 Å². The molecule has 0 bridgehead atoms. The average Bonchev–Trinajstić information content (AvgIpc) is 2.98. The lowest BCUT2D eigenvalue weighted by Crippen LogP contribution is -2.47. The van der Waals surface area contributed by atoms with Crippen molar-refractivity contribution < 1.29 is 0 Å². The molecule has 0 atom stereocenters. The van der Waals surface area contributed by atoms with E-state index in [4.69, 9.17) is 11.6 Å². The van der Waals surface area contributed by atoms with Crippen LogP contribution >= 0.6 is 11.6 Å². The summed E-state index contributed by atoms with van der Waals surface area (Å²) in [5.74, 6) is 0.674. The van der Waals surface area contributed by atoms with Gasteiger partial charge in [-0.25, -0.2) is 4.98 Å². The molecule has 0 radical (unpaired) electrons. The minimum absolute atomic E-state index is 0.101. The van der Waals surface area contributed by atoms with Crippen molar-refractivity contribution in [3.05, 3.63) is 40.0 Å². The number of nitrogens with zero attached hydrogens (tertiary/aromatic N) is 5. The van der Waals surface area contributed by atoms with Crippen molar-refractivity contribution in [2.75, 3.05) is 37.6 Å². The van der Waals surface area contributed by atoms with E-state index in [1.807, 2.05) is 10.9 Å². The highest BCUT2D eigenvalue weighted by Gasteiger charge is 2.17. The Morgan fingerprint density at radius 3 is 2.65 bits per heavy atom. The van der Waals surface area contributed by atoms with Crippen molar-refractivity contribution in [1.82, 2.24) is 24.6 Å². The van der Waals surface area contributed by atoms with Crippen LogP contribution in [0.5, 0.6) is 0 Å². The zero-order valence-electron chi connectivity index (χ0n) is 13.0. The van der Waals surface area contributed by atoms with Gasteiger partial charge in [0.1, 0.15) is 0 Å². The topological polar surface area (TPSA) is 70.1 Å². The van der Waals surface area contributed by atoms with Crippen molar-refractivity contribution in [2.45, 2.75) is 19.4 Å². The Morgan fingerprint density at radius 1 is 1.17 bits per heavy atom. The van der Waals surface area contributed by atoms with Crippen LogP contribution in [0.1, 0.15) is 12.8 Å². The molecule has 0 unspecified atom stereocenters. The minimum atomic E-state index is -0.101. The van der Waals surface area contributed by atoms with Gasteiger partial charge in [0.05, 0.1) is 11.2 Å². The number of unbranched alkanes of at least 4 members (excludes halogenated alkanes) is 1. The maximum absolute atomic E-state index is 11.3. The summed E-state index contributed by atoms with van der Waals surface area (Å²) in [4.78, 5) is 22.9. The highest BCUT2D eigenvalue weighted by atomic mass is 35.5. The summed E-state index contributed by atoms with van der Waals surface area (Å²) in [7, 11) is 0. The van der Waals surface area contributed by atoms with E-state index in [-0.39, 0.29) is 5.56 Å². The van der Waals surface area contributed by atoms with Gasteiger partial charge in [-0.2, -0.15) is 5.10 Å². The Hall–Kier alpha value is -1.86. The van der Waals surface area contributed by atoms with E-state index >= 15 is 0 Å². The molecule has 1 fully saturated rings. The SMILES string of the molecule is O=c1ccnc(N2CCN(CCCCn3cc(Cl)cn3)CC2)[nH]1. The van der Waals surface area contributed by atoms with Crippen molar-refractivity contribution in [2.24, 2.45) is 0 Å². The second-order valence-corrected chi connectivity index (χ2v) is 6.15. The number of hydrogen-bond acceptors (Lipinski definition) is 5. The fourth-order valence-corrected chi connectivity index (χ4v) is 2.93. The average molecular weight is 337 g/mol. The van der Waals surface area contributed by atoms with Crippen LogP contribution in [0, 0.1) is 0 Å². The number of aromatic nitrogens is 4. The number of anilines is 1. The molecule has 2 aromatic heterocycles. The fourth-order valence-electron chi connectivity index (χ4n) is 2.77. The Labute approximate surface area is 139 Å². The zero-order valence-corrected chi connectivity index (χ0v) is 13.7. The summed E-state index contributed by atoms with van der Waals surface area (Å²) in [6.07, 6.45) is 7.31. The van der Waals surface area contributed by atoms with Crippen molar-refractivity contribution in [1.29, 1.82) is 0 Å². The van der Waals surface area contributed by atoms with E-state index in [1.165, 1.54) is 6.07 Å². The lowest BCUT2D eigenvalue weighted by molar-refractivity contribution is 0.249. The first kappa shape index (κ1) is 16.0. The van der Waals surface area contributed by atoms with E-state index in [1.54, 1.807) is 12.4 Å². The largest absolute Gasteiger partial charge is 0.340 e. The maximum Gasteiger partial charge on any atom is 0.252 e. The molecule has 3 heterocycles. The van der Waals surface area contributed by atoms with E-state index in [2.05, 4.69) is 24.9 Å². The molecule has 1 N–H and O–H groups in total. The van der Waals surface area contributed by atoms with Crippen LogP contribution < -0.4 is 10.5 Å². The Kier molecular flexibility index (Phi) is 5.30. The highest BCUT2D eigenvalue weighted by Crippen LogP contribution is 2.10. The summed E-state index contributed by atoms with van der Waals surface area (Å²) < 4.78 is 1.89. The number of hydrogen-bond donors (Lipinski definition) is 1. The first-order chi connectivity index (χ1) is 11.2. The van der Waals surface area contributed by atoms with Crippen molar-refractivity contribution in [3.8, 4) is 0 Å². The molecule has 1 saturated heterocycles. The normalized spacial score (nSPS) is 16.0. The molecule has 1 aliphatic heterocycles. The number of H-pyrrole nitrogens is 1. The first-order valence-corrected chi connectivity index (χ1v) is 8.29. The molecule has 1 aliphatic rings. The molecule has 0 spiro atoms. The van der Waals surface area contributed by atoms with Gasteiger partial charge < -0.3 is 4.90 Å². The molecular formula is C15H21ClN6O. The second kappa shape index (κ2) is 7.61. The number of piperazine rings is 1. The van der Waals surface area contributed by atoms with Crippen LogP contribution in [0.3, 0.4) is 0 Å². The predicted octanol–water partition coefficient (Wildman–Crippen LogP) is 1.22. The third-order valence-electron chi connectivity index (χ3n) is 4.04. The lowest BCUT2D eigenvalue weighted by Gasteiger charge is -2.34. The molecule has 124 valence electrons. The molecule has 0 aliphatic carbocycles. The third-order valence-corrected chi connectivity index (χ3v) is 4.24. The molecule has 8 heteroatoms. The standard InChI is InChI=1S/C15H21ClN6O/c16-13-11-18-22(12-13)6-2-1-5-20-7-9-21(10-8-20)15-17-4-3-14(23)19-15/h3-4,11-12H,1-2,5-10H2,(H,17,19,23). The van der Waals surface area contributed by atoms with Gasteiger partial charge in [0.25, 0.3) is 5.56 Å². The quantitative estimate of drug-likeness (QED) is 0.803. The summed E-state index contributed by atoms with van der Waals surface area (Å²) in [5, 5.41) is 4.87. The second-order valence-electron chi connectivity index (χ2n) is 5.72. The molecule has 3 rings (SSSR count). The van der Waals surface area contributed by atoms with Gasteiger partial charge in [-0.15, -0.1) is 0 Å². The molecule has 0 aromatic carbocycles. The van der Waals surface area contributed by atoms with E-state index < -0.39 is 0 Å². The van der Waals surface area contributed by atoms with Crippen molar-refractivity contribution in [3.63, 3.8) is 0 Å². The Bertz CT molecular complexity index is 676. The number of aryl methyl sites for hydroxylation is 1. The van der Waals surface area contributed by atoms with Gasteiger partial charge in [0, 0.05) is 51.2 Å². The fraction of sp³-hybridized carbons (Fsp3) is 0.533. The van der Waals surface area contributed by atoms with Crippen LogP contribution in [0.15, 0.2) is 29.5 Å². The van der Waals surface area contributed by atoms with E-state index in [0.717, 1.165) is 52.1 Å². The molecular weight excluding hydrogens is 316 g/mol. The van der Waals surface area contributed by atoms with Crippen LogP contribution in [0.25, 0.3) is 0 Å². The van der Waals surface area contributed by atoms with E-state index in [0.29, 0.717) is 11.0 Å². The van der Waals surface area contributed by atoms with Gasteiger partial charge in [0.2, 0.25) is 5.95 Å². The Morgan fingerprint density at radius 2 is 1.96 bits per heavy atom. The highest BCUT2D eigenvalue weighted by molar-refractivity contribution is 6.30. The van der Waals surface area contributed by atoms with Crippen molar-refractivity contribution >= 4 is 17.5 Å². The molecule has 2 aromatic rings. The Balaban J connectivity index is 1.37. The smallest absolute Gasteiger partial charge is 0.252 e. The summed E-state index contributed by atoms with van der Waals surface area (Å²) >= 11 is 5.85. The summed E-state index contributed by atoms with van der Waals surface area (Å²) in [5.41, 5.74) is -0.101. The first-order valence-electron chi connectivity index (χ1n) is 7.91. The molecule has 0 saturated carbocycles.